The standard InChI is InChI=1S/C16H10ClFO3/c17-12-2-1-3-13(18)15(12)10-6-7-21-14-5-4-9(16(19)20)8-11(10)14/h1-6,8H,7H2,(H,19,20). The molecule has 3 nitrogen and oxygen atoms in total. The highest BCUT2D eigenvalue weighted by Crippen LogP contribution is 2.38. The maximum atomic E-state index is 14.1. The third-order valence-corrected chi connectivity index (χ3v) is 3.59. The van der Waals surface area contributed by atoms with E-state index in [0.717, 1.165) is 0 Å². The number of ether oxygens (including phenoxy) is 1. The third-order valence-electron chi connectivity index (χ3n) is 3.28. The normalized spacial score (nSPS) is 13.1. The van der Waals surface area contributed by atoms with E-state index in [-0.39, 0.29) is 22.8 Å². The number of hydrogen-bond donors (Lipinski definition) is 1. The second-order valence-electron chi connectivity index (χ2n) is 4.54. The zero-order valence-corrected chi connectivity index (χ0v) is 11.5. The number of carboxylic acids is 1. The summed E-state index contributed by atoms with van der Waals surface area (Å²) in [6, 6.07) is 8.92. The SMILES string of the molecule is O=C(O)c1ccc2c(c1)C(c1c(F)cccc1Cl)=CCO2. The first-order valence-corrected chi connectivity index (χ1v) is 6.61. The fourth-order valence-corrected chi connectivity index (χ4v) is 2.58. The van der Waals surface area contributed by atoms with Crippen LogP contribution < -0.4 is 4.74 Å². The van der Waals surface area contributed by atoms with Gasteiger partial charge in [-0.3, -0.25) is 0 Å². The molecule has 0 saturated heterocycles. The van der Waals surface area contributed by atoms with Crippen LogP contribution in [0.3, 0.4) is 0 Å². The topological polar surface area (TPSA) is 46.5 Å². The first kappa shape index (κ1) is 13.6. The summed E-state index contributed by atoms with van der Waals surface area (Å²) in [6.07, 6.45) is 1.69. The smallest absolute Gasteiger partial charge is 0.335 e. The molecule has 2 aromatic carbocycles. The van der Waals surface area contributed by atoms with E-state index in [2.05, 4.69) is 0 Å². The van der Waals surface area contributed by atoms with Crippen molar-refractivity contribution >= 4 is 23.1 Å². The van der Waals surface area contributed by atoms with Gasteiger partial charge < -0.3 is 9.84 Å². The highest BCUT2D eigenvalue weighted by Gasteiger charge is 2.21. The van der Waals surface area contributed by atoms with Crippen LogP contribution in [0.5, 0.6) is 5.75 Å². The van der Waals surface area contributed by atoms with Gasteiger partial charge in [0.25, 0.3) is 0 Å². The van der Waals surface area contributed by atoms with Crippen molar-refractivity contribution in [1.82, 2.24) is 0 Å². The molecular weight excluding hydrogens is 295 g/mol. The average molecular weight is 305 g/mol. The summed E-state index contributed by atoms with van der Waals surface area (Å²) in [7, 11) is 0. The molecule has 1 heterocycles. The molecule has 0 radical (unpaired) electrons. The zero-order valence-electron chi connectivity index (χ0n) is 10.8. The Morgan fingerprint density at radius 1 is 1.29 bits per heavy atom. The minimum atomic E-state index is -1.05. The van der Waals surface area contributed by atoms with E-state index in [0.29, 0.717) is 16.9 Å². The number of benzene rings is 2. The van der Waals surface area contributed by atoms with Crippen molar-refractivity contribution in [1.29, 1.82) is 0 Å². The van der Waals surface area contributed by atoms with Crippen LogP contribution in [0.4, 0.5) is 4.39 Å². The molecule has 0 unspecified atom stereocenters. The summed E-state index contributed by atoms with van der Waals surface area (Å²) in [5, 5.41) is 9.36. The van der Waals surface area contributed by atoms with E-state index in [1.807, 2.05) is 0 Å². The van der Waals surface area contributed by atoms with Crippen molar-refractivity contribution in [3.8, 4) is 5.75 Å². The Hall–Kier alpha value is -2.33. The maximum absolute atomic E-state index is 14.1. The van der Waals surface area contributed by atoms with Crippen LogP contribution in [0, 0.1) is 5.82 Å². The lowest BCUT2D eigenvalue weighted by Gasteiger charge is -2.20. The van der Waals surface area contributed by atoms with E-state index in [1.165, 1.54) is 24.3 Å². The molecular formula is C16H10ClFO3. The number of halogens is 2. The van der Waals surface area contributed by atoms with Gasteiger partial charge in [0.15, 0.2) is 0 Å². The summed E-state index contributed by atoms with van der Waals surface area (Å²) >= 11 is 6.09. The van der Waals surface area contributed by atoms with Gasteiger partial charge in [-0.25, -0.2) is 9.18 Å². The van der Waals surface area contributed by atoms with Crippen LogP contribution >= 0.6 is 11.6 Å². The lowest BCUT2D eigenvalue weighted by molar-refractivity contribution is 0.0697. The second-order valence-corrected chi connectivity index (χ2v) is 4.95. The van der Waals surface area contributed by atoms with Crippen molar-refractivity contribution in [2.24, 2.45) is 0 Å². The van der Waals surface area contributed by atoms with Gasteiger partial charge in [0, 0.05) is 11.1 Å². The molecule has 0 fully saturated rings. The minimum Gasteiger partial charge on any atom is -0.489 e. The molecule has 2 aromatic rings. The quantitative estimate of drug-likeness (QED) is 0.912. The molecule has 5 heteroatoms. The fourth-order valence-electron chi connectivity index (χ4n) is 2.32. The number of carboxylic acid groups (broad SMARTS) is 1. The van der Waals surface area contributed by atoms with Crippen molar-refractivity contribution in [3.63, 3.8) is 0 Å². The minimum absolute atomic E-state index is 0.109. The molecule has 0 bridgehead atoms. The Morgan fingerprint density at radius 2 is 2.10 bits per heavy atom. The van der Waals surface area contributed by atoms with Gasteiger partial charge in [-0.05, 0) is 42.0 Å². The van der Waals surface area contributed by atoms with Crippen molar-refractivity contribution in [2.75, 3.05) is 6.61 Å². The molecule has 3 rings (SSSR count). The van der Waals surface area contributed by atoms with Gasteiger partial charge >= 0.3 is 5.97 Å². The van der Waals surface area contributed by atoms with Crippen LogP contribution in [0.15, 0.2) is 42.5 Å². The molecule has 0 atom stereocenters. The summed E-state index contributed by atoms with van der Waals surface area (Å²) in [5.74, 6) is -0.999. The van der Waals surface area contributed by atoms with Crippen molar-refractivity contribution < 1.29 is 19.0 Å². The number of carbonyl (C=O) groups is 1. The third kappa shape index (κ3) is 2.38. The molecule has 1 N–H and O–H groups in total. The number of aromatic carboxylic acids is 1. The van der Waals surface area contributed by atoms with E-state index in [4.69, 9.17) is 21.4 Å². The van der Waals surface area contributed by atoms with Crippen molar-refractivity contribution in [3.05, 3.63) is 70.0 Å². The first-order valence-electron chi connectivity index (χ1n) is 6.23. The maximum Gasteiger partial charge on any atom is 0.335 e. The Labute approximate surface area is 125 Å². The summed E-state index contributed by atoms with van der Waals surface area (Å²) in [6.45, 7) is 0.277. The molecule has 0 amide bonds. The van der Waals surface area contributed by atoms with E-state index in [1.54, 1.807) is 18.2 Å². The molecule has 0 spiro atoms. The molecule has 1 aliphatic rings. The lowest BCUT2D eigenvalue weighted by atomic mass is 9.93. The molecule has 0 saturated carbocycles. The number of rotatable bonds is 2. The van der Waals surface area contributed by atoms with E-state index < -0.39 is 11.8 Å². The van der Waals surface area contributed by atoms with Crippen LogP contribution in [-0.2, 0) is 0 Å². The van der Waals surface area contributed by atoms with Gasteiger partial charge in [0.05, 0.1) is 10.6 Å². The molecule has 0 aliphatic carbocycles. The van der Waals surface area contributed by atoms with Gasteiger partial charge in [0.1, 0.15) is 18.2 Å². The summed E-state index contributed by atoms with van der Waals surface area (Å²) < 4.78 is 19.6. The fraction of sp³-hybridized carbons (Fsp3) is 0.0625. The second kappa shape index (κ2) is 5.22. The first-order chi connectivity index (χ1) is 10.1. The van der Waals surface area contributed by atoms with Gasteiger partial charge in [-0.1, -0.05) is 17.7 Å². The van der Waals surface area contributed by atoms with Gasteiger partial charge in [-0.2, -0.15) is 0 Å². The van der Waals surface area contributed by atoms with E-state index >= 15 is 0 Å². The van der Waals surface area contributed by atoms with Crippen LogP contribution in [-0.4, -0.2) is 17.7 Å². The molecule has 21 heavy (non-hydrogen) atoms. The van der Waals surface area contributed by atoms with Crippen LogP contribution in [0.1, 0.15) is 21.5 Å². The lowest BCUT2D eigenvalue weighted by Crippen LogP contribution is -2.08. The van der Waals surface area contributed by atoms with Crippen molar-refractivity contribution in [2.45, 2.75) is 0 Å². The Bertz CT molecular complexity index is 748. The predicted molar refractivity (Wildman–Crippen MR) is 77.4 cm³/mol. The number of fused-ring (bicyclic) bond motifs is 1. The highest BCUT2D eigenvalue weighted by atomic mass is 35.5. The Morgan fingerprint density at radius 3 is 2.81 bits per heavy atom. The summed E-state index contributed by atoms with van der Waals surface area (Å²) in [5.41, 5.74) is 1.43. The molecule has 106 valence electrons. The summed E-state index contributed by atoms with van der Waals surface area (Å²) in [4.78, 5) is 11.1. The van der Waals surface area contributed by atoms with Crippen LogP contribution in [0.2, 0.25) is 5.02 Å². The van der Waals surface area contributed by atoms with Gasteiger partial charge in [0.2, 0.25) is 0 Å². The predicted octanol–water partition coefficient (Wildman–Crippen LogP) is 4.00. The Kier molecular flexibility index (Phi) is 3.39. The Balaban J connectivity index is 2.21. The van der Waals surface area contributed by atoms with E-state index in [9.17, 15) is 9.18 Å². The number of hydrogen-bond acceptors (Lipinski definition) is 2. The average Bonchev–Trinajstić information content (AvgIpc) is 2.46. The molecule has 1 aliphatic heterocycles. The largest absolute Gasteiger partial charge is 0.489 e. The monoisotopic (exact) mass is 304 g/mol. The molecule has 0 aromatic heterocycles. The van der Waals surface area contributed by atoms with Gasteiger partial charge in [-0.15, -0.1) is 0 Å². The zero-order chi connectivity index (χ0) is 15.0. The highest BCUT2D eigenvalue weighted by molar-refractivity contribution is 6.32. The van der Waals surface area contributed by atoms with Crippen LogP contribution in [0.25, 0.3) is 5.57 Å².